The van der Waals surface area contributed by atoms with E-state index in [0.717, 1.165) is 12.8 Å². The van der Waals surface area contributed by atoms with Crippen LogP contribution >= 0.6 is 0 Å². The zero-order valence-electron chi connectivity index (χ0n) is 15.0. The van der Waals surface area contributed by atoms with Crippen LogP contribution in [0.1, 0.15) is 29.1 Å². The fraction of sp³-hybridized carbons (Fsp3) is 0.278. The smallest absolute Gasteiger partial charge is 0.271 e. The van der Waals surface area contributed by atoms with Crippen LogP contribution in [0.5, 0.6) is 0 Å². The van der Waals surface area contributed by atoms with Crippen LogP contribution in [0.2, 0.25) is 0 Å². The fourth-order valence-electron chi connectivity index (χ4n) is 2.99. The van der Waals surface area contributed by atoms with E-state index < -0.39 is 10.0 Å². The third-order valence-corrected chi connectivity index (χ3v) is 6.39. The monoisotopic (exact) mass is 401 g/mol. The molecule has 3 aromatic heterocycles. The first kappa shape index (κ1) is 18.4. The standard InChI is InChI=1S/C18H19N5O4S/c24-18(20-10-14-4-3-9-27-14)16-12-22(13-21-16)17-6-5-15(11-19-17)28(25,26)23-7-1-2-8-23/h3-6,9,11-13H,1-2,7-8,10H2,(H,20,24). The highest BCUT2D eigenvalue weighted by Gasteiger charge is 2.27. The van der Waals surface area contributed by atoms with Crippen molar-refractivity contribution in [2.24, 2.45) is 0 Å². The number of furan rings is 1. The van der Waals surface area contributed by atoms with Crippen molar-refractivity contribution in [3.8, 4) is 5.82 Å². The van der Waals surface area contributed by atoms with E-state index in [9.17, 15) is 13.2 Å². The molecular weight excluding hydrogens is 382 g/mol. The Morgan fingerprint density at radius 1 is 1.18 bits per heavy atom. The quantitative estimate of drug-likeness (QED) is 0.671. The molecule has 0 saturated carbocycles. The van der Waals surface area contributed by atoms with Crippen LogP contribution in [0.3, 0.4) is 0 Å². The van der Waals surface area contributed by atoms with Crippen LogP contribution in [0.25, 0.3) is 5.82 Å². The topological polar surface area (TPSA) is 110 Å². The van der Waals surface area contributed by atoms with Gasteiger partial charge in [-0.2, -0.15) is 4.31 Å². The number of amides is 1. The van der Waals surface area contributed by atoms with Crippen molar-refractivity contribution in [2.75, 3.05) is 13.1 Å². The second-order valence-electron chi connectivity index (χ2n) is 6.39. The molecule has 0 aromatic carbocycles. The van der Waals surface area contributed by atoms with Gasteiger partial charge in [-0.3, -0.25) is 9.36 Å². The molecule has 4 rings (SSSR count). The number of aromatic nitrogens is 3. The molecule has 9 nitrogen and oxygen atoms in total. The van der Waals surface area contributed by atoms with Crippen molar-refractivity contribution in [3.63, 3.8) is 0 Å². The molecular formula is C18H19N5O4S. The number of nitrogens with one attached hydrogen (secondary N) is 1. The summed E-state index contributed by atoms with van der Waals surface area (Å²) in [5.41, 5.74) is 0.224. The van der Waals surface area contributed by atoms with Crippen LogP contribution in [-0.2, 0) is 16.6 Å². The van der Waals surface area contributed by atoms with Gasteiger partial charge in [0.05, 0.1) is 12.8 Å². The van der Waals surface area contributed by atoms with Crippen molar-refractivity contribution in [2.45, 2.75) is 24.3 Å². The van der Waals surface area contributed by atoms with Gasteiger partial charge >= 0.3 is 0 Å². The minimum Gasteiger partial charge on any atom is -0.467 e. The maximum Gasteiger partial charge on any atom is 0.271 e. The summed E-state index contributed by atoms with van der Waals surface area (Å²) in [7, 11) is -3.50. The lowest BCUT2D eigenvalue weighted by Gasteiger charge is -2.15. The summed E-state index contributed by atoms with van der Waals surface area (Å²) in [4.78, 5) is 20.6. The van der Waals surface area contributed by atoms with Gasteiger partial charge in [0.1, 0.15) is 28.5 Å². The van der Waals surface area contributed by atoms with E-state index >= 15 is 0 Å². The minimum atomic E-state index is -3.50. The highest BCUT2D eigenvalue weighted by Crippen LogP contribution is 2.20. The molecule has 0 radical (unpaired) electrons. The Balaban J connectivity index is 1.45. The number of carbonyl (C=O) groups excluding carboxylic acids is 1. The number of imidazole rings is 1. The molecule has 0 aliphatic carbocycles. The molecule has 146 valence electrons. The van der Waals surface area contributed by atoms with Crippen molar-refractivity contribution in [1.29, 1.82) is 0 Å². The molecule has 1 N–H and O–H groups in total. The van der Waals surface area contributed by atoms with E-state index in [2.05, 4.69) is 15.3 Å². The molecule has 0 unspecified atom stereocenters. The Morgan fingerprint density at radius 3 is 2.68 bits per heavy atom. The Bertz CT molecular complexity index is 1050. The zero-order chi connectivity index (χ0) is 19.6. The number of nitrogens with zero attached hydrogens (tertiary/aromatic N) is 4. The number of hydrogen-bond donors (Lipinski definition) is 1. The van der Waals surface area contributed by atoms with Gasteiger partial charge in [-0.05, 0) is 37.1 Å². The summed E-state index contributed by atoms with van der Waals surface area (Å²) in [6.45, 7) is 1.35. The summed E-state index contributed by atoms with van der Waals surface area (Å²) in [5.74, 6) is 0.769. The zero-order valence-corrected chi connectivity index (χ0v) is 15.8. The summed E-state index contributed by atoms with van der Waals surface area (Å²) >= 11 is 0. The van der Waals surface area contributed by atoms with Crippen LogP contribution in [-0.4, -0.2) is 46.3 Å². The summed E-state index contributed by atoms with van der Waals surface area (Å²) < 4.78 is 33.3. The Morgan fingerprint density at radius 2 is 2.00 bits per heavy atom. The van der Waals surface area contributed by atoms with E-state index in [1.165, 1.54) is 35.4 Å². The molecule has 1 aliphatic heterocycles. The molecule has 0 atom stereocenters. The molecule has 4 heterocycles. The van der Waals surface area contributed by atoms with Gasteiger partial charge in [-0.1, -0.05) is 0 Å². The molecule has 1 amide bonds. The number of pyridine rings is 1. The molecule has 1 aliphatic rings. The second kappa shape index (κ2) is 7.56. The molecule has 28 heavy (non-hydrogen) atoms. The molecule has 0 bridgehead atoms. The first-order chi connectivity index (χ1) is 13.5. The highest BCUT2D eigenvalue weighted by atomic mass is 32.2. The Labute approximate surface area is 162 Å². The van der Waals surface area contributed by atoms with Crippen LogP contribution in [0, 0.1) is 0 Å². The normalized spacial score (nSPS) is 15.0. The van der Waals surface area contributed by atoms with Crippen molar-refractivity contribution < 1.29 is 17.6 Å². The van der Waals surface area contributed by atoms with Crippen LogP contribution in [0.15, 0.2) is 58.6 Å². The van der Waals surface area contributed by atoms with Crippen LogP contribution < -0.4 is 5.32 Å². The number of carbonyl (C=O) groups is 1. The molecule has 1 saturated heterocycles. The van der Waals surface area contributed by atoms with Gasteiger partial charge in [-0.15, -0.1) is 0 Å². The van der Waals surface area contributed by atoms with E-state index in [-0.39, 0.29) is 23.0 Å². The summed E-state index contributed by atoms with van der Waals surface area (Å²) in [6, 6.07) is 6.62. The van der Waals surface area contributed by atoms with Gasteiger partial charge in [0.2, 0.25) is 10.0 Å². The van der Waals surface area contributed by atoms with Crippen molar-refractivity contribution in [3.05, 3.63) is 60.7 Å². The van der Waals surface area contributed by atoms with Crippen molar-refractivity contribution >= 4 is 15.9 Å². The largest absolute Gasteiger partial charge is 0.467 e. The molecule has 1 fully saturated rings. The van der Waals surface area contributed by atoms with E-state index in [1.54, 1.807) is 22.8 Å². The maximum absolute atomic E-state index is 12.6. The molecule has 0 spiro atoms. The SMILES string of the molecule is O=C(NCc1ccco1)c1cn(-c2ccc(S(=O)(=O)N3CCCC3)cn2)cn1. The van der Waals surface area contributed by atoms with Crippen LogP contribution in [0.4, 0.5) is 0 Å². The lowest BCUT2D eigenvalue weighted by molar-refractivity contribution is 0.0943. The third-order valence-electron chi connectivity index (χ3n) is 4.51. The van der Waals surface area contributed by atoms with E-state index in [4.69, 9.17) is 4.42 Å². The minimum absolute atomic E-state index is 0.162. The number of hydrogen-bond acceptors (Lipinski definition) is 6. The average Bonchev–Trinajstić information content (AvgIpc) is 3.48. The fourth-order valence-corrected chi connectivity index (χ4v) is 4.45. The number of sulfonamides is 1. The molecule has 10 heteroatoms. The summed E-state index contributed by atoms with van der Waals surface area (Å²) in [6.07, 6.45) is 7.62. The van der Waals surface area contributed by atoms with Gasteiger partial charge in [0.15, 0.2) is 0 Å². The van der Waals surface area contributed by atoms with Gasteiger partial charge in [0.25, 0.3) is 5.91 Å². The lowest BCUT2D eigenvalue weighted by Crippen LogP contribution is -2.27. The predicted molar refractivity (Wildman–Crippen MR) is 99.2 cm³/mol. The average molecular weight is 401 g/mol. The first-order valence-corrected chi connectivity index (χ1v) is 10.3. The van der Waals surface area contributed by atoms with E-state index in [1.807, 2.05) is 0 Å². The Hall–Kier alpha value is -2.98. The predicted octanol–water partition coefficient (Wildman–Crippen LogP) is 1.57. The van der Waals surface area contributed by atoms with Gasteiger partial charge < -0.3 is 9.73 Å². The van der Waals surface area contributed by atoms with E-state index in [0.29, 0.717) is 24.7 Å². The molecule has 3 aromatic rings. The van der Waals surface area contributed by atoms with Gasteiger partial charge in [-0.25, -0.2) is 18.4 Å². The summed E-state index contributed by atoms with van der Waals surface area (Å²) in [5, 5.41) is 2.71. The first-order valence-electron chi connectivity index (χ1n) is 8.85. The maximum atomic E-state index is 12.6. The third kappa shape index (κ3) is 3.69. The highest BCUT2D eigenvalue weighted by molar-refractivity contribution is 7.89. The lowest BCUT2D eigenvalue weighted by atomic mass is 10.4. The second-order valence-corrected chi connectivity index (χ2v) is 8.33. The van der Waals surface area contributed by atoms with Crippen molar-refractivity contribution in [1.82, 2.24) is 24.2 Å². The van der Waals surface area contributed by atoms with Gasteiger partial charge in [0, 0.05) is 25.5 Å². The number of rotatable bonds is 6. The Kier molecular flexibility index (Phi) is 4.97.